The Balaban J connectivity index is 1.18. The predicted molar refractivity (Wildman–Crippen MR) is 111 cm³/mol. The van der Waals surface area contributed by atoms with Crippen molar-refractivity contribution in [2.24, 2.45) is 0 Å². The minimum atomic E-state index is -0.180. The molecule has 3 saturated heterocycles. The number of nitrogens with zero attached hydrogens (tertiary/aromatic N) is 2. The second-order valence-corrected chi connectivity index (χ2v) is 8.64. The summed E-state index contributed by atoms with van der Waals surface area (Å²) in [7, 11) is 0. The minimum absolute atomic E-state index is 0.0178. The van der Waals surface area contributed by atoms with Crippen LogP contribution in [0.2, 0.25) is 0 Å². The maximum Gasteiger partial charge on any atom is 0.410 e. The molecule has 0 radical (unpaired) electrons. The van der Waals surface area contributed by atoms with Gasteiger partial charge in [-0.15, -0.1) is 0 Å². The van der Waals surface area contributed by atoms with E-state index in [1.54, 1.807) is 0 Å². The molecule has 3 unspecified atom stereocenters. The minimum Gasteiger partial charge on any atom is -0.492 e. The largest absolute Gasteiger partial charge is 0.492 e. The number of nitrogens with one attached hydrogen (secondary N) is 2. The molecule has 8 heteroatoms. The van der Waals surface area contributed by atoms with Crippen molar-refractivity contribution < 1.29 is 19.0 Å². The van der Waals surface area contributed by atoms with E-state index in [9.17, 15) is 4.79 Å². The van der Waals surface area contributed by atoms with Gasteiger partial charge in [-0.25, -0.2) is 4.79 Å². The number of ether oxygens (including phenoxy) is 3. The summed E-state index contributed by atoms with van der Waals surface area (Å²) in [5.74, 6) is 0.866. The van der Waals surface area contributed by atoms with E-state index < -0.39 is 0 Å². The highest BCUT2D eigenvalue weighted by atomic mass is 16.6. The van der Waals surface area contributed by atoms with Gasteiger partial charge in [0.2, 0.25) is 0 Å². The number of cyclic esters (lactones) is 1. The molecular formula is C22H32N4O4. The van der Waals surface area contributed by atoms with Crippen LogP contribution >= 0.6 is 0 Å². The molecule has 4 fully saturated rings. The Hall–Kier alpha value is -1.87. The van der Waals surface area contributed by atoms with Gasteiger partial charge in [-0.2, -0.15) is 0 Å². The lowest BCUT2D eigenvalue weighted by Crippen LogP contribution is -2.49. The zero-order chi connectivity index (χ0) is 20.3. The van der Waals surface area contributed by atoms with E-state index in [1.165, 1.54) is 0 Å². The molecule has 0 bridgehead atoms. The average Bonchev–Trinajstić information content (AvgIpc) is 3.41. The third-order valence-corrected chi connectivity index (χ3v) is 6.90. The Morgan fingerprint density at radius 3 is 2.70 bits per heavy atom. The van der Waals surface area contributed by atoms with E-state index >= 15 is 0 Å². The van der Waals surface area contributed by atoms with Gasteiger partial charge in [-0.3, -0.25) is 9.80 Å². The summed E-state index contributed by atoms with van der Waals surface area (Å²) < 4.78 is 16.8. The van der Waals surface area contributed by atoms with Crippen LogP contribution in [0.3, 0.4) is 0 Å². The summed E-state index contributed by atoms with van der Waals surface area (Å²) >= 11 is 0. The highest BCUT2D eigenvalue weighted by Crippen LogP contribution is 2.36. The van der Waals surface area contributed by atoms with E-state index in [-0.39, 0.29) is 18.2 Å². The van der Waals surface area contributed by atoms with Gasteiger partial charge < -0.3 is 24.8 Å². The first-order valence-electron chi connectivity index (χ1n) is 11.2. The molecule has 5 rings (SSSR count). The highest BCUT2D eigenvalue weighted by molar-refractivity contribution is 5.71. The van der Waals surface area contributed by atoms with Gasteiger partial charge in [-0.1, -0.05) is 12.1 Å². The number of fused-ring (bicyclic) bond motifs is 1. The molecule has 1 amide bonds. The molecule has 0 spiro atoms. The van der Waals surface area contributed by atoms with E-state index in [4.69, 9.17) is 14.2 Å². The number of carbonyl (C=O) groups excluding carboxylic acids is 1. The first-order valence-corrected chi connectivity index (χ1v) is 11.2. The van der Waals surface area contributed by atoms with Crippen LogP contribution in [0, 0.1) is 0 Å². The van der Waals surface area contributed by atoms with Crippen LogP contribution in [-0.2, 0) is 9.47 Å². The maximum absolute atomic E-state index is 12.5. The molecule has 3 heterocycles. The van der Waals surface area contributed by atoms with Crippen molar-refractivity contribution in [3.8, 4) is 5.75 Å². The molecule has 1 aromatic rings. The Bertz CT molecular complexity index is 724. The van der Waals surface area contributed by atoms with Crippen molar-refractivity contribution in [2.75, 3.05) is 52.7 Å². The van der Waals surface area contributed by atoms with Crippen LogP contribution in [-0.4, -0.2) is 86.7 Å². The number of amides is 1. The molecule has 3 aliphatic heterocycles. The summed E-state index contributed by atoms with van der Waals surface area (Å²) in [4.78, 5) is 16.9. The molecular weight excluding hydrogens is 384 g/mol. The Morgan fingerprint density at radius 2 is 1.87 bits per heavy atom. The molecule has 1 aliphatic carbocycles. The number of hydrogen-bond acceptors (Lipinski definition) is 7. The van der Waals surface area contributed by atoms with Crippen LogP contribution in [0.5, 0.6) is 5.75 Å². The molecule has 4 aliphatic rings. The first kappa shape index (κ1) is 20.1. The standard InChI is InChI=1S/C22H32N4O4/c27-22-26(17-3-6-19-20(13-17)24-15-23-19)21(14-30-22)16-1-4-18(5-2-16)29-12-9-25-7-10-28-11-8-25/h1-2,4-5,17,19-21,23-24H,3,6-15H2/t17?,19?,20?,21-/m1/s1. The van der Waals surface area contributed by atoms with E-state index in [2.05, 4.69) is 27.7 Å². The topological polar surface area (TPSA) is 75.3 Å². The van der Waals surface area contributed by atoms with Crippen LogP contribution in [0.1, 0.15) is 30.9 Å². The van der Waals surface area contributed by atoms with Gasteiger partial charge >= 0.3 is 6.09 Å². The number of morpholine rings is 1. The quantitative estimate of drug-likeness (QED) is 0.725. The Kier molecular flexibility index (Phi) is 6.08. The normalized spacial score (nSPS) is 32.1. The van der Waals surface area contributed by atoms with E-state index in [0.29, 0.717) is 25.3 Å². The van der Waals surface area contributed by atoms with Gasteiger partial charge in [0.25, 0.3) is 0 Å². The van der Waals surface area contributed by atoms with Crippen molar-refractivity contribution >= 4 is 6.09 Å². The lowest BCUT2D eigenvalue weighted by Gasteiger charge is -2.38. The first-order chi connectivity index (χ1) is 14.8. The molecule has 8 nitrogen and oxygen atoms in total. The van der Waals surface area contributed by atoms with Crippen LogP contribution in [0.4, 0.5) is 4.79 Å². The molecule has 1 saturated carbocycles. The molecule has 4 atom stereocenters. The molecule has 1 aromatic carbocycles. The fourth-order valence-corrected chi connectivity index (χ4v) is 5.19. The molecule has 0 aromatic heterocycles. The number of carbonyl (C=O) groups is 1. The third-order valence-electron chi connectivity index (χ3n) is 6.90. The van der Waals surface area contributed by atoms with Gasteiger partial charge in [0, 0.05) is 44.4 Å². The van der Waals surface area contributed by atoms with Crippen molar-refractivity contribution in [2.45, 2.75) is 43.4 Å². The van der Waals surface area contributed by atoms with Crippen molar-refractivity contribution in [3.63, 3.8) is 0 Å². The lowest BCUT2D eigenvalue weighted by atomic mass is 9.86. The van der Waals surface area contributed by atoms with Crippen molar-refractivity contribution in [1.29, 1.82) is 0 Å². The van der Waals surface area contributed by atoms with Crippen molar-refractivity contribution in [1.82, 2.24) is 20.4 Å². The van der Waals surface area contributed by atoms with E-state index in [1.807, 2.05) is 17.0 Å². The van der Waals surface area contributed by atoms with Crippen LogP contribution < -0.4 is 15.4 Å². The SMILES string of the molecule is O=C1OC[C@H](c2ccc(OCCN3CCOCC3)cc2)N1C1CCC2NCNC2C1. The summed E-state index contributed by atoms with van der Waals surface area (Å²) in [6.07, 6.45) is 2.91. The van der Waals surface area contributed by atoms with Crippen LogP contribution in [0.25, 0.3) is 0 Å². The molecule has 164 valence electrons. The average molecular weight is 417 g/mol. The van der Waals surface area contributed by atoms with Crippen LogP contribution in [0.15, 0.2) is 24.3 Å². The van der Waals surface area contributed by atoms with Gasteiger partial charge in [0.15, 0.2) is 0 Å². The second-order valence-electron chi connectivity index (χ2n) is 8.64. The summed E-state index contributed by atoms with van der Waals surface area (Å²) in [6, 6.07) is 9.35. The predicted octanol–water partition coefficient (Wildman–Crippen LogP) is 1.33. The zero-order valence-electron chi connectivity index (χ0n) is 17.4. The Morgan fingerprint density at radius 1 is 1.07 bits per heavy atom. The smallest absolute Gasteiger partial charge is 0.410 e. The molecule has 2 N–H and O–H groups in total. The number of rotatable bonds is 6. The van der Waals surface area contributed by atoms with Gasteiger partial charge in [0.1, 0.15) is 19.0 Å². The molecule has 30 heavy (non-hydrogen) atoms. The second kappa shape index (κ2) is 9.09. The lowest BCUT2D eigenvalue weighted by molar-refractivity contribution is 0.0322. The number of hydrogen-bond donors (Lipinski definition) is 2. The number of benzene rings is 1. The zero-order valence-corrected chi connectivity index (χ0v) is 17.4. The fourth-order valence-electron chi connectivity index (χ4n) is 5.19. The summed E-state index contributed by atoms with van der Waals surface area (Å²) in [5.41, 5.74) is 1.11. The maximum atomic E-state index is 12.5. The van der Waals surface area contributed by atoms with Gasteiger partial charge in [-0.05, 0) is 37.0 Å². The summed E-state index contributed by atoms with van der Waals surface area (Å²) in [5, 5.41) is 7.01. The third kappa shape index (κ3) is 4.27. The van der Waals surface area contributed by atoms with Gasteiger partial charge in [0.05, 0.1) is 19.3 Å². The highest BCUT2D eigenvalue weighted by Gasteiger charge is 2.43. The monoisotopic (exact) mass is 416 g/mol. The van der Waals surface area contributed by atoms with Crippen molar-refractivity contribution in [3.05, 3.63) is 29.8 Å². The Labute approximate surface area is 177 Å². The fraction of sp³-hybridized carbons (Fsp3) is 0.682. The van der Waals surface area contributed by atoms with E-state index in [0.717, 1.165) is 70.1 Å². The summed E-state index contributed by atoms with van der Waals surface area (Å²) in [6.45, 7) is 6.43.